The van der Waals surface area contributed by atoms with Crippen molar-refractivity contribution in [3.63, 3.8) is 0 Å². The van der Waals surface area contributed by atoms with E-state index in [4.69, 9.17) is 0 Å². The predicted molar refractivity (Wildman–Crippen MR) is 107 cm³/mol. The fourth-order valence-corrected chi connectivity index (χ4v) is 4.06. The normalized spacial score (nSPS) is 26.8. The summed E-state index contributed by atoms with van der Waals surface area (Å²) in [6.07, 6.45) is 2.14. The third kappa shape index (κ3) is 4.03. The van der Waals surface area contributed by atoms with Crippen LogP contribution in [0.2, 0.25) is 0 Å². The van der Waals surface area contributed by atoms with Gasteiger partial charge in [-0.15, -0.1) is 0 Å². The average Bonchev–Trinajstić information content (AvgIpc) is 3.55. The van der Waals surface area contributed by atoms with Crippen molar-refractivity contribution < 1.29 is 19.1 Å². The zero-order valence-corrected chi connectivity index (χ0v) is 16.3. The number of rotatable bonds is 4. The molecule has 2 aliphatic rings. The second-order valence-electron chi connectivity index (χ2n) is 8.23. The number of nitrogens with zero attached hydrogens (tertiary/aromatic N) is 1. The highest BCUT2D eigenvalue weighted by Gasteiger charge is 2.49. The summed E-state index contributed by atoms with van der Waals surface area (Å²) in [5.74, 6) is -0.709. The maximum absolute atomic E-state index is 13.2. The summed E-state index contributed by atoms with van der Waals surface area (Å²) in [7, 11) is 0. The van der Waals surface area contributed by atoms with Crippen molar-refractivity contribution in [2.45, 2.75) is 43.9 Å². The zero-order chi connectivity index (χ0) is 20.6. The number of piperidine rings is 1. The molecule has 4 rings (SSSR count). The van der Waals surface area contributed by atoms with Crippen LogP contribution in [0, 0.1) is 11.7 Å². The van der Waals surface area contributed by atoms with Gasteiger partial charge in [0.25, 0.3) is 5.91 Å². The molecule has 0 unspecified atom stereocenters. The van der Waals surface area contributed by atoms with E-state index in [1.165, 1.54) is 24.3 Å². The van der Waals surface area contributed by atoms with Crippen molar-refractivity contribution >= 4 is 11.8 Å². The Balaban J connectivity index is 1.68. The first-order valence-corrected chi connectivity index (χ1v) is 10.0. The molecule has 0 radical (unpaired) electrons. The smallest absolute Gasteiger partial charge is 0.251 e. The van der Waals surface area contributed by atoms with Crippen LogP contribution in [0.5, 0.6) is 0 Å². The van der Waals surface area contributed by atoms with E-state index in [1.807, 2.05) is 30.3 Å². The summed E-state index contributed by atoms with van der Waals surface area (Å²) in [4.78, 5) is 27.7. The Bertz CT molecular complexity index is 894. The average molecular weight is 396 g/mol. The standard InChI is InChI=1S/C23H25FN2O3/c1-23(29)13-14-26(22(28)17-7-8-17)19(15-5-3-2-4-6-15)20(23)25-21(27)16-9-11-18(24)12-10-16/h2-6,9-12,17,19-20,29H,7-8,13-14H2,1H3,(H,25,27)/t19-,20-,23+/m0/s1. The molecule has 29 heavy (non-hydrogen) atoms. The Labute approximate surface area is 169 Å². The third-order valence-corrected chi connectivity index (χ3v) is 5.92. The summed E-state index contributed by atoms with van der Waals surface area (Å²) >= 11 is 0. The molecular formula is C23H25FN2O3. The minimum atomic E-state index is -1.20. The van der Waals surface area contributed by atoms with Crippen molar-refractivity contribution in [3.05, 3.63) is 71.5 Å². The summed E-state index contributed by atoms with van der Waals surface area (Å²) in [6.45, 7) is 2.13. The van der Waals surface area contributed by atoms with Crippen LogP contribution in [0.25, 0.3) is 0 Å². The molecule has 152 valence electrons. The number of amides is 2. The monoisotopic (exact) mass is 396 g/mol. The molecule has 2 aromatic carbocycles. The number of halogens is 1. The van der Waals surface area contributed by atoms with Gasteiger partial charge in [-0.1, -0.05) is 30.3 Å². The lowest BCUT2D eigenvalue weighted by Gasteiger charge is -2.49. The molecule has 0 bridgehead atoms. The highest BCUT2D eigenvalue weighted by atomic mass is 19.1. The lowest BCUT2D eigenvalue weighted by Crippen LogP contribution is -2.63. The van der Waals surface area contributed by atoms with Crippen molar-refractivity contribution in [2.24, 2.45) is 5.92 Å². The molecule has 5 nitrogen and oxygen atoms in total. The van der Waals surface area contributed by atoms with Gasteiger partial charge in [0, 0.05) is 18.0 Å². The van der Waals surface area contributed by atoms with E-state index in [0.717, 1.165) is 18.4 Å². The van der Waals surface area contributed by atoms with Gasteiger partial charge in [0.15, 0.2) is 0 Å². The Morgan fingerprint density at radius 1 is 1.10 bits per heavy atom. The van der Waals surface area contributed by atoms with Crippen LogP contribution in [-0.2, 0) is 4.79 Å². The first kappa shape index (κ1) is 19.6. The number of hydrogen-bond acceptors (Lipinski definition) is 3. The van der Waals surface area contributed by atoms with Gasteiger partial charge in [0.05, 0.1) is 17.7 Å². The first-order valence-electron chi connectivity index (χ1n) is 10.0. The quantitative estimate of drug-likeness (QED) is 0.835. The van der Waals surface area contributed by atoms with Crippen molar-refractivity contribution in [1.82, 2.24) is 10.2 Å². The second kappa shape index (κ2) is 7.59. The minimum Gasteiger partial charge on any atom is -0.388 e. The van der Waals surface area contributed by atoms with E-state index in [9.17, 15) is 19.1 Å². The van der Waals surface area contributed by atoms with Gasteiger partial charge >= 0.3 is 0 Å². The second-order valence-corrected chi connectivity index (χ2v) is 8.23. The van der Waals surface area contributed by atoms with Crippen LogP contribution >= 0.6 is 0 Å². The van der Waals surface area contributed by atoms with E-state index in [2.05, 4.69) is 5.32 Å². The Morgan fingerprint density at radius 3 is 2.38 bits per heavy atom. The molecular weight excluding hydrogens is 371 g/mol. The Kier molecular flexibility index (Phi) is 5.13. The van der Waals surface area contributed by atoms with Crippen LogP contribution in [0.4, 0.5) is 4.39 Å². The van der Waals surface area contributed by atoms with Crippen molar-refractivity contribution in [1.29, 1.82) is 0 Å². The van der Waals surface area contributed by atoms with Crippen LogP contribution in [0.15, 0.2) is 54.6 Å². The summed E-state index contributed by atoms with van der Waals surface area (Å²) in [5, 5.41) is 14.1. The number of carbonyl (C=O) groups is 2. The molecule has 1 saturated heterocycles. The maximum Gasteiger partial charge on any atom is 0.251 e. The molecule has 0 spiro atoms. The van der Waals surface area contributed by atoms with Crippen LogP contribution < -0.4 is 5.32 Å². The van der Waals surface area contributed by atoms with Crippen LogP contribution in [0.3, 0.4) is 0 Å². The molecule has 2 fully saturated rings. The fourth-order valence-electron chi connectivity index (χ4n) is 4.06. The largest absolute Gasteiger partial charge is 0.388 e. The molecule has 2 amide bonds. The number of hydrogen-bond donors (Lipinski definition) is 2. The van der Waals surface area contributed by atoms with Crippen molar-refractivity contribution in [2.75, 3.05) is 6.54 Å². The van der Waals surface area contributed by atoms with E-state index in [0.29, 0.717) is 18.5 Å². The summed E-state index contributed by atoms with van der Waals surface area (Å²) in [6, 6.07) is 13.6. The van der Waals surface area contributed by atoms with Gasteiger partial charge in [-0.05, 0) is 56.0 Å². The van der Waals surface area contributed by atoms with Gasteiger partial charge in [-0.25, -0.2) is 4.39 Å². The van der Waals surface area contributed by atoms with E-state index in [-0.39, 0.29) is 11.8 Å². The molecule has 1 saturated carbocycles. The molecule has 1 aliphatic carbocycles. The molecule has 3 atom stereocenters. The number of likely N-dealkylation sites (tertiary alicyclic amines) is 1. The minimum absolute atomic E-state index is 0.0395. The highest BCUT2D eigenvalue weighted by Crippen LogP contribution is 2.41. The highest BCUT2D eigenvalue weighted by molar-refractivity contribution is 5.94. The van der Waals surface area contributed by atoms with E-state index >= 15 is 0 Å². The number of aliphatic hydroxyl groups is 1. The zero-order valence-electron chi connectivity index (χ0n) is 16.3. The predicted octanol–water partition coefficient (Wildman–Crippen LogP) is 3.06. The molecule has 0 aromatic heterocycles. The first-order chi connectivity index (χ1) is 13.9. The lowest BCUT2D eigenvalue weighted by molar-refractivity contribution is -0.144. The molecule has 2 aromatic rings. The van der Waals surface area contributed by atoms with Gasteiger partial charge in [0.1, 0.15) is 5.82 Å². The van der Waals surface area contributed by atoms with Gasteiger partial charge in [-0.2, -0.15) is 0 Å². The van der Waals surface area contributed by atoms with Crippen molar-refractivity contribution in [3.8, 4) is 0 Å². The Hall–Kier alpha value is -2.73. The maximum atomic E-state index is 13.2. The molecule has 2 N–H and O–H groups in total. The molecule has 6 heteroatoms. The number of carbonyl (C=O) groups excluding carboxylic acids is 2. The van der Waals surface area contributed by atoms with Gasteiger partial charge < -0.3 is 15.3 Å². The van der Waals surface area contributed by atoms with E-state index < -0.39 is 29.4 Å². The molecule has 1 heterocycles. The van der Waals surface area contributed by atoms with Gasteiger partial charge in [0.2, 0.25) is 5.91 Å². The number of nitrogens with one attached hydrogen (secondary N) is 1. The molecule has 1 aliphatic heterocycles. The summed E-state index contributed by atoms with van der Waals surface area (Å²) < 4.78 is 13.2. The lowest BCUT2D eigenvalue weighted by atomic mass is 9.79. The van der Waals surface area contributed by atoms with Crippen LogP contribution in [-0.4, -0.2) is 40.0 Å². The third-order valence-electron chi connectivity index (χ3n) is 5.92. The van der Waals surface area contributed by atoms with Gasteiger partial charge in [-0.3, -0.25) is 9.59 Å². The summed E-state index contributed by atoms with van der Waals surface area (Å²) in [5.41, 5.74) is -0.0261. The van der Waals surface area contributed by atoms with Crippen LogP contribution in [0.1, 0.15) is 48.1 Å². The fraction of sp³-hybridized carbons (Fsp3) is 0.391. The number of benzene rings is 2. The topological polar surface area (TPSA) is 69.6 Å². The SMILES string of the molecule is C[C@@]1(O)CCN(C(=O)C2CC2)[C@@H](c2ccccc2)[C@@H]1NC(=O)c1ccc(F)cc1. The Morgan fingerprint density at radius 2 is 1.76 bits per heavy atom. The van der Waals surface area contributed by atoms with E-state index in [1.54, 1.807) is 11.8 Å².